The van der Waals surface area contributed by atoms with Gasteiger partial charge >= 0.3 is 0 Å². The largest absolute Gasteiger partial charge is 0.349 e. The molecule has 0 radical (unpaired) electrons. The van der Waals surface area contributed by atoms with E-state index in [4.69, 9.17) is 0 Å². The Morgan fingerprint density at radius 3 is 2.21 bits per heavy atom. The molecule has 2 aromatic rings. The topological polar surface area (TPSA) is 28.7 Å². The van der Waals surface area contributed by atoms with Crippen LogP contribution < -0.4 is 0 Å². The zero-order valence-corrected chi connectivity index (χ0v) is 10.7. The minimum Gasteiger partial charge on any atom is -0.349 e. The van der Waals surface area contributed by atoms with Gasteiger partial charge in [0.15, 0.2) is 0 Å². The van der Waals surface area contributed by atoms with E-state index in [1.165, 1.54) is 10.5 Å². The second-order valence-corrected chi connectivity index (χ2v) is 3.60. The summed E-state index contributed by atoms with van der Waals surface area (Å²) in [6, 6.07) is 2.07. The van der Waals surface area contributed by atoms with E-state index in [-0.39, 0.29) is 0 Å². The van der Waals surface area contributed by atoms with Gasteiger partial charge in [0, 0.05) is 5.69 Å². The van der Waals surface area contributed by atoms with Crippen LogP contribution in [0.15, 0.2) is 6.07 Å². The number of hydrogen-bond donors (Lipinski definition) is 1. The summed E-state index contributed by atoms with van der Waals surface area (Å²) in [4.78, 5) is 8.75. The predicted octanol–water partition coefficient (Wildman–Crippen LogP) is 4.29. The minimum absolute atomic E-state index is 1.10. The van der Waals surface area contributed by atoms with Crippen molar-refractivity contribution in [2.75, 3.05) is 0 Å². The molecule has 14 heavy (non-hydrogen) atoms. The van der Waals surface area contributed by atoms with Gasteiger partial charge in [-0.05, 0) is 19.9 Å². The molecular formula is C11H20N2S. The second kappa shape index (κ2) is 6.60. The van der Waals surface area contributed by atoms with Crippen LogP contribution >= 0.6 is 11.3 Å². The molecule has 2 rings (SSSR count). The van der Waals surface area contributed by atoms with E-state index in [2.05, 4.69) is 16.0 Å². The van der Waals surface area contributed by atoms with Crippen molar-refractivity contribution in [2.24, 2.45) is 0 Å². The molecule has 2 nitrogen and oxygen atoms in total. The number of aryl methyl sites for hydroxylation is 2. The Kier molecular flexibility index (Phi) is 6.21. The fourth-order valence-corrected chi connectivity index (χ4v) is 1.91. The zero-order chi connectivity index (χ0) is 11.1. The van der Waals surface area contributed by atoms with Crippen LogP contribution in [0.25, 0.3) is 10.3 Å². The van der Waals surface area contributed by atoms with Gasteiger partial charge in [-0.3, -0.25) is 0 Å². The molecule has 0 aliphatic heterocycles. The van der Waals surface area contributed by atoms with Crippen molar-refractivity contribution in [3.63, 3.8) is 0 Å². The summed E-state index contributed by atoms with van der Waals surface area (Å²) < 4.78 is 0. The molecule has 0 aliphatic rings. The van der Waals surface area contributed by atoms with Crippen molar-refractivity contribution in [1.29, 1.82) is 0 Å². The van der Waals surface area contributed by atoms with Gasteiger partial charge < -0.3 is 4.98 Å². The number of fused-ring (bicyclic) bond motifs is 1. The first-order chi connectivity index (χ1) is 6.75. The van der Waals surface area contributed by atoms with Crippen molar-refractivity contribution < 1.29 is 0 Å². The smallest absolute Gasteiger partial charge is 0.120 e. The number of rotatable bonds is 0. The van der Waals surface area contributed by atoms with E-state index in [0.717, 1.165) is 10.5 Å². The Balaban J connectivity index is 0.000000379. The molecule has 0 aromatic carbocycles. The van der Waals surface area contributed by atoms with Crippen molar-refractivity contribution in [2.45, 2.75) is 41.5 Å². The Hall–Kier alpha value is -0.830. The highest BCUT2D eigenvalue weighted by molar-refractivity contribution is 7.18. The lowest BCUT2D eigenvalue weighted by Gasteiger charge is -1.76. The molecule has 0 spiro atoms. The molecule has 80 valence electrons. The molecule has 0 bridgehead atoms. The van der Waals surface area contributed by atoms with E-state index in [1.807, 2.05) is 41.5 Å². The summed E-state index contributed by atoms with van der Waals surface area (Å²) in [5.74, 6) is 0. The summed E-state index contributed by atoms with van der Waals surface area (Å²) in [6.07, 6.45) is 0. The highest BCUT2D eigenvalue weighted by Gasteiger charge is 2.00. The molecule has 3 heteroatoms. The molecule has 1 N–H and O–H groups in total. The van der Waals surface area contributed by atoms with Gasteiger partial charge in [0.2, 0.25) is 0 Å². The molecule has 0 unspecified atom stereocenters. The minimum atomic E-state index is 1.10. The Morgan fingerprint density at radius 1 is 1.14 bits per heavy atom. The van der Waals surface area contributed by atoms with E-state index in [1.54, 1.807) is 11.3 Å². The number of aromatic nitrogens is 2. The van der Waals surface area contributed by atoms with Gasteiger partial charge in [0.05, 0.1) is 10.5 Å². The van der Waals surface area contributed by atoms with Crippen molar-refractivity contribution in [3.8, 4) is 0 Å². The summed E-state index contributed by atoms with van der Waals surface area (Å²) in [7, 11) is 0. The Labute approximate surface area is 90.4 Å². The number of H-pyrrole nitrogens is 1. The Morgan fingerprint density at radius 2 is 1.71 bits per heavy atom. The highest BCUT2D eigenvalue weighted by atomic mass is 32.1. The van der Waals surface area contributed by atoms with Crippen LogP contribution in [-0.4, -0.2) is 9.97 Å². The van der Waals surface area contributed by atoms with Crippen LogP contribution in [-0.2, 0) is 0 Å². The number of nitrogens with one attached hydrogen (secondary N) is 1. The predicted molar refractivity (Wildman–Crippen MR) is 66.1 cm³/mol. The van der Waals surface area contributed by atoms with Crippen LogP contribution in [0.3, 0.4) is 0 Å². The standard InChI is InChI=1S/C7H8N2S.2C2H6/c1-4-3-6-7(8-4)10-5(2)9-6;2*1-2/h3,8H,1-2H3;2*1-2H3. The van der Waals surface area contributed by atoms with E-state index in [9.17, 15) is 0 Å². The second-order valence-electron chi connectivity index (χ2n) is 2.40. The molecule has 0 aliphatic carbocycles. The van der Waals surface area contributed by atoms with E-state index >= 15 is 0 Å². The molecule has 0 atom stereocenters. The number of hydrogen-bond acceptors (Lipinski definition) is 2. The van der Waals surface area contributed by atoms with Crippen molar-refractivity contribution in [1.82, 2.24) is 9.97 Å². The van der Waals surface area contributed by atoms with Crippen molar-refractivity contribution in [3.05, 3.63) is 16.8 Å². The first-order valence-corrected chi connectivity index (χ1v) is 6.00. The van der Waals surface area contributed by atoms with Gasteiger partial charge in [-0.15, -0.1) is 11.3 Å². The third-order valence-electron chi connectivity index (χ3n) is 1.42. The van der Waals surface area contributed by atoms with Gasteiger partial charge in [-0.2, -0.15) is 0 Å². The van der Waals surface area contributed by atoms with Gasteiger partial charge in [0.1, 0.15) is 4.83 Å². The molecule has 2 aromatic heterocycles. The first-order valence-electron chi connectivity index (χ1n) is 5.18. The lowest BCUT2D eigenvalue weighted by Crippen LogP contribution is -1.65. The Bertz CT molecular complexity index is 297. The van der Waals surface area contributed by atoms with E-state index < -0.39 is 0 Å². The third-order valence-corrected chi connectivity index (χ3v) is 2.33. The maximum absolute atomic E-state index is 4.32. The van der Waals surface area contributed by atoms with Crippen LogP contribution in [0.2, 0.25) is 0 Å². The average molecular weight is 212 g/mol. The monoisotopic (exact) mass is 212 g/mol. The van der Waals surface area contributed by atoms with Crippen LogP contribution in [0.5, 0.6) is 0 Å². The third kappa shape index (κ3) is 3.14. The van der Waals surface area contributed by atoms with Crippen LogP contribution in [0.4, 0.5) is 0 Å². The molecule has 2 heterocycles. The molecule has 0 amide bonds. The lowest BCUT2D eigenvalue weighted by molar-refractivity contribution is 1.30. The zero-order valence-electron chi connectivity index (χ0n) is 9.93. The number of thiazole rings is 1. The van der Waals surface area contributed by atoms with Gasteiger partial charge in [0.25, 0.3) is 0 Å². The summed E-state index contributed by atoms with van der Waals surface area (Å²) in [5, 5.41) is 1.13. The SMILES string of the molecule is CC.CC.Cc1cc2nc(C)sc2[nH]1. The molecule has 0 saturated heterocycles. The maximum Gasteiger partial charge on any atom is 0.120 e. The summed E-state index contributed by atoms with van der Waals surface area (Å²) in [6.45, 7) is 12.1. The highest BCUT2D eigenvalue weighted by Crippen LogP contribution is 2.20. The fourth-order valence-electron chi connectivity index (χ4n) is 1.05. The van der Waals surface area contributed by atoms with Crippen LogP contribution in [0.1, 0.15) is 38.4 Å². The number of aromatic amines is 1. The van der Waals surface area contributed by atoms with Gasteiger partial charge in [-0.1, -0.05) is 27.7 Å². The molecular weight excluding hydrogens is 192 g/mol. The quantitative estimate of drug-likeness (QED) is 0.693. The normalized spacial score (nSPS) is 8.71. The molecule has 0 saturated carbocycles. The van der Waals surface area contributed by atoms with Crippen LogP contribution in [0, 0.1) is 13.8 Å². The first kappa shape index (κ1) is 13.2. The summed E-state index contributed by atoms with van der Waals surface area (Å²) >= 11 is 1.71. The van der Waals surface area contributed by atoms with Crippen molar-refractivity contribution >= 4 is 21.7 Å². The number of nitrogens with zero attached hydrogens (tertiary/aromatic N) is 1. The fraction of sp³-hybridized carbons (Fsp3) is 0.545. The van der Waals surface area contributed by atoms with Gasteiger partial charge in [-0.25, -0.2) is 4.98 Å². The molecule has 0 fully saturated rings. The lowest BCUT2D eigenvalue weighted by atomic mass is 10.5. The summed E-state index contributed by atoms with van der Waals surface area (Å²) in [5.41, 5.74) is 2.29. The average Bonchev–Trinajstić information content (AvgIpc) is 2.67. The maximum atomic E-state index is 4.32. The van der Waals surface area contributed by atoms with E-state index in [0.29, 0.717) is 0 Å².